The van der Waals surface area contributed by atoms with Crippen LogP contribution in [0.3, 0.4) is 0 Å². The molecule has 2 aliphatic rings. The van der Waals surface area contributed by atoms with E-state index >= 15 is 0 Å². The van der Waals surface area contributed by atoms with Crippen molar-refractivity contribution in [3.05, 3.63) is 29.8 Å². The zero-order valence-electron chi connectivity index (χ0n) is 16.8. The lowest BCUT2D eigenvalue weighted by molar-refractivity contribution is -0.128. The van der Waals surface area contributed by atoms with Crippen LogP contribution in [0.5, 0.6) is 5.75 Å². The van der Waals surface area contributed by atoms with Gasteiger partial charge in [0.15, 0.2) is 6.10 Å². The van der Waals surface area contributed by atoms with Crippen LogP contribution in [0.15, 0.2) is 24.3 Å². The third-order valence-electron chi connectivity index (χ3n) is 6.07. The van der Waals surface area contributed by atoms with Crippen molar-refractivity contribution in [2.75, 3.05) is 32.8 Å². The Morgan fingerprint density at radius 3 is 2.48 bits per heavy atom. The van der Waals surface area contributed by atoms with Crippen LogP contribution in [0.4, 0.5) is 0 Å². The van der Waals surface area contributed by atoms with Gasteiger partial charge in [0, 0.05) is 25.2 Å². The first-order chi connectivity index (χ1) is 13.1. The van der Waals surface area contributed by atoms with Crippen LogP contribution in [0, 0.1) is 0 Å². The maximum absolute atomic E-state index is 12.7. The Balaban J connectivity index is 1.56. The predicted octanol–water partition coefficient (Wildman–Crippen LogP) is 3.17. The molecule has 27 heavy (non-hydrogen) atoms. The zero-order chi connectivity index (χ0) is 19.1. The molecule has 1 N–H and O–H groups in total. The Kier molecular flexibility index (Phi) is 7.13. The van der Waals surface area contributed by atoms with Crippen LogP contribution in [0.2, 0.25) is 0 Å². The normalized spacial score (nSPS) is 21.4. The fourth-order valence-electron chi connectivity index (χ4n) is 4.31. The predicted molar refractivity (Wildman–Crippen MR) is 107 cm³/mol. The summed E-state index contributed by atoms with van der Waals surface area (Å²) in [6.07, 6.45) is 6.59. The molecule has 0 radical (unpaired) electrons. The number of rotatable bonds is 7. The molecule has 5 nitrogen and oxygen atoms in total. The number of carbonyl (C=O) groups excluding carboxylic acids is 1. The van der Waals surface area contributed by atoms with Gasteiger partial charge in [0.25, 0.3) is 5.91 Å². The van der Waals surface area contributed by atoms with Gasteiger partial charge >= 0.3 is 0 Å². The quantitative estimate of drug-likeness (QED) is 0.796. The molecule has 1 aliphatic carbocycles. The molecule has 150 valence electrons. The van der Waals surface area contributed by atoms with Crippen molar-refractivity contribution in [2.24, 2.45) is 0 Å². The molecule has 0 bridgehead atoms. The van der Waals surface area contributed by atoms with E-state index in [1.807, 2.05) is 19.1 Å². The second-order valence-corrected chi connectivity index (χ2v) is 7.86. The summed E-state index contributed by atoms with van der Waals surface area (Å²) in [5, 5.41) is 3.19. The summed E-state index contributed by atoms with van der Waals surface area (Å²) in [7, 11) is 0. The summed E-state index contributed by atoms with van der Waals surface area (Å²) in [6, 6.07) is 7.99. The second kappa shape index (κ2) is 9.56. The highest BCUT2D eigenvalue weighted by molar-refractivity contribution is 5.80. The number of hydrogen-bond donors (Lipinski definition) is 1. The molecule has 2 fully saturated rings. The van der Waals surface area contributed by atoms with Gasteiger partial charge in [0.05, 0.1) is 13.2 Å². The van der Waals surface area contributed by atoms with Crippen molar-refractivity contribution in [1.29, 1.82) is 0 Å². The third kappa shape index (κ3) is 5.23. The number of benzene rings is 1. The number of amides is 1. The molecule has 1 aromatic rings. The summed E-state index contributed by atoms with van der Waals surface area (Å²) in [6.45, 7) is 8.17. The first-order valence-corrected chi connectivity index (χ1v) is 10.5. The van der Waals surface area contributed by atoms with Crippen LogP contribution in [0.25, 0.3) is 0 Å². The lowest BCUT2D eigenvalue weighted by atomic mass is 9.79. The van der Waals surface area contributed by atoms with Gasteiger partial charge in [-0.15, -0.1) is 0 Å². The van der Waals surface area contributed by atoms with Crippen LogP contribution in [-0.4, -0.2) is 55.3 Å². The van der Waals surface area contributed by atoms with Gasteiger partial charge in [0.2, 0.25) is 0 Å². The van der Waals surface area contributed by atoms with Crippen LogP contribution < -0.4 is 10.1 Å². The highest BCUT2D eigenvalue weighted by Gasteiger charge is 2.39. The van der Waals surface area contributed by atoms with E-state index in [1.165, 1.54) is 24.8 Å². The first kappa shape index (κ1) is 20.2. The summed E-state index contributed by atoms with van der Waals surface area (Å²) in [4.78, 5) is 15.2. The number of aryl methyl sites for hydroxylation is 1. The van der Waals surface area contributed by atoms with E-state index in [0.29, 0.717) is 6.54 Å². The SMILES string of the molecule is CCc1ccc(OC(C)C(=O)NCC2(N3CCOCC3)CCCCC2)cc1. The van der Waals surface area contributed by atoms with Gasteiger partial charge in [-0.3, -0.25) is 9.69 Å². The molecular formula is C22H34N2O3. The largest absolute Gasteiger partial charge is 0.481 e. The number of ether oxygens (including phenoxy) is 2. The van der Waals surface area contributed by atoms with Gasteiger partial charge in [0.1, 0.15) is 5.75 Å². The Hall–Kier alpha value is -1.59. The molecule has 0 aromatic heterocycles. The Morgan fingerprint density at radius 2 is 1.85 bits per heavy atom. The van der Waals surface area contributed by atoms with Crippen molar-refractivity contribution in [3.8, 4) is 5.75 Å². The fourth-order valence-corrected chi connectivity index (χ4v) is 4.31. The summed E-state index contributed by atoms with van der Waals surface area (Å²) >= 11 is 0. The van der Waals surface area contributed by atoms with Crippen molar-refractivity contribution in [2.45, 2.75) is 64.0 Å². The topological polar surface area (TPSA) is 50.8 Å². The minimum Gasteiger partial charge on any atom is -0.481 e. The average molecular weight is 375 g/mol. The molecule has 0 spiro atoms. The molecule has 1 amide bonds. The molecule has 5 heteroatoms. The fraction of sp³-hybridized carbons (Fsp3) is 0.682. The zero-order valence-corrected chi connectivity index (χ0v) is 16.8. The first-order valence-electron chi connectivity index (χ1n) is 10.5. The standard InChI is InChI=1S/C22H34N2O3/c1-3-19-7-9-20(10-8-19)27-18(2)21(25)23-17-22(11-5-4-6-12-22)24-13-15-26-16-14-24/h7-10,18H,3-6,11-17H2,1-2H3,(H,23,25). The van der Waals surface area contributed by atoms with E-state index in [-0.39, 0.29) is 11.4 Å². The number of nitrogens with zero attached hydrogens (tertiary/aromatic N) is 1. The highest BCUT2D eigenvalue weighted by Crippen LogP contribution is 2.33. The summed E-state index contributed by atoms with van der Waals surface area (Å²) < 4.78 is 11.4. The van der Waals surface area contributed by atoms with Crippen molar-refractivity contribution in [1.82, 2.24) is 10.2 Å². The third-order valence-corrected chi connectivity index (χ3v) is 6.07. The molecule has 1 aromatic carbocycles. The van der Waals surface area contributed by atoms with Gasteiger partial charge in [-0.1, -0.05) is 38.3 Å². The lowest BCUT2D eigenvalue weighted by Gasteiger charge is -2.48. The average Bonchev–Trinajstić information content (AvgIpc) is 2.74. The van der Waals surface area contributed by atoms with Crippen molar-refractivity contribution < 1.29 is 14.3 Å². The van der Waals surface area contributed by atoms with E-state index in [4.69, 9.17) is 9.47 Å². The van der Waals surface area contributed by atoms with E-state index in [9.17, 15) is 4.79 Å². The smallest absolute Gasteiger partial charge is 0.260 e. The molecule has 1 aliphatic heterocycles. The number of morpholine rings is 1. The monoisotopic (exact) mass is 374 g/mol. The molecule has 1 atom stereocenters. The Bertz CT molecular complexity index is 590. The van der Waals surface area contributed by atoms with E-state index in [2.05, 4.69) is 29.3 Å². The van der Waals surface area contributed by atoms with E-state index < -0.39 is 6.10 Å². The van der Waals surface area contributed by atoms with Gasteiger partial charge in [-0.25, -0.2) is 0 Å². The maximum Gasteiger partial charge on any atom is 0.260 e. The molecule has 1 saturated heterocycles. The van der Waals surface area contributed by atoms with Crippen LogP contribution in [-0.2, 0) is 16.0 Å². The summed E-state index contributed by atoms with van der Waals surface area (Å²) in [5.74, 6) is 0.711. The number of nitrogens with one attached hydrogen (secondary N) is 1. The van der Waals surface area contributed by atoms with Crippen LogP contribution in [0.1, 0.15) is 51.5 Å². The van der Waals surface area contributed by atoms with Crippen molar-refractivity contribution >= 4 is 5.91 Å². The van der Waals surface area contributed by atoms with Gasteiger partial charge in [-0.2, -0.15) is 0 Å². The molecule has 1 unspecified atom stereocenters. The molecular weight excluding hydrogens is 340 g/mol. The van der Waals surface area contributed by atoms with E-state index in [0.717, 1.165) is 51.3 Å². The maximum atomic E-state index is 12.7. The highest BCUT2D eigenvalue weighted by atomic mass is 16.5. The minimum absolute atomic E-state index is 0.0345. The van der Waals surface area contributed by atoms with E-state index in [1.54, 1.807) is 0 Å². The van der Waals surface area contributed by atoms with Crippen LogP contribution >= 0.6 is 0 Å². The summed E-state index contributed by atoms with van der Waals surface area (Å²) in [5.41, 5.74) is 1.35. The number of carbonyl (C=O) groups is 1. The second-order valence-electron chi connectivity index (χ2n) is 7.86. The Labute approximate surface area is 163 Å². The molecule has 3 rings (SSSR count). The number of hydrogen-bond acceptors (Lipinski definition) is 4. The van der Waals surface area contributed by atoms with Crippen molar-refractivity contribution in [3.63, 3.8) is 0 Å². The minimum atomic E-state index is -0.497. The molecule has 1 heterocycles. The van der Waals surface area contributed by atoms with Gasteiger partial charge < -0.3 is 14.8 Å². The molecule has 1 saturated carbocycles. The van der Waals surface area contributed by atoms with Gasteiger partial charge in [-0.05, 0) is 43.9 Å². The lowest BCUT2D eigenvalue weighted by Crippen LogP contribution is -2.60. The Morgan fingerprint density at radius 1 is 1.19 bits per heavy atom.